The van der Waals surface area contributed by atoms with Gasteiger partial charge >= 0.3 is 0 Å². The van der Waals surface area contributed by atoms with Gasteiger partial charge in [-0.2, -0.15) is 10.2 Å². The number of azo groups is 1. The molecule has 0 aromatic heterocycles. The van der Waals surface area contributed by atoms with E-state index < -0.39 is 24.9 Å². The molecule has 1 aromatic carbocycles. The van der Waals surface area contributed by atoms with Crippen LogP contribution in [0.4, 0.5) is 11.4 Å². The molecule has 0 bridgehead atoms. The minimum Gasteiger partial charge on any atom is -0.394 e. The molecular formula is C18H31N3O4. The summed E-state index contributed by atoms with van der Waals surface area (Å²) in [4.78, 5) is 0. The van der Waals surface area contributed by atoms with Crippen molar-refractivity contribution in [2.45, 2.75) is 58.3 Å². The van der Waals surface area contributed by atoms with Crippen LogP contribution in [0.5, 0.6) is 0 Å². The number of nitrogens with one attached hydrogen (secondary N) is 1. The standard InChI is InChI=1S/C18H31N3O4/c1-4-5-6-9-20-21-17-13(3)12(2)7-8-14(17)19-10-15(23)18(25)16(24)11-22/h7-8,15-16,18-19,22-25H,4-6,9-11H2,1-3H3/t15-,16+,18-/m0/s1. The van der Waals surface area contributed by atoms with E-state index in [1.807, 2.05) is 26.0 Å². The van der Waals surface area contributed by atoms with Crippen LogP contribution in [0, 0.1) is 13.8 Å². The van der Waals surface area contributed by atoms with Crippen molar-refractivity contribution >= 4 is 11.4 Å². The maximum absolute atomic E-state index is 9.93. The summed E-state index contributed by atoms with van der Waals surface area (Å²) >= 11 is 0. The van der Waals surface area contributed by atoms with Gasteiger partial charge in [-0.25, -0.2) is 0 Å². The highest BCUT2D eigenvalue weighted by Gasteiger charge is 2.24. The van der Waals surface area contributed by atoms with Crippen LogP contribution in [0.25, 0.3) is 0 Å². The summed E-state index contributed by atoms with van der Waals surface area (Å²) in [5.74, 6) is 0. The lowest BCUT2D eigenvalue weighted by Gasteiger charge is -2.22. The molecule has 0 aliphatic carbocycles. The first kappa shape index (κ1) is 21.5. The molecule has 0 saturated carbocycles. The average Bonchev–Trinajstić information content (AvgIpc) is 2.62. The molecule has 1 rings (SSSR count). The van der Waals surface area contributed by atoms with E-state index in [2.05, 4.69) is 22.5 Å². The van der Waals surface area contributed by atoms with Crippen molar-refractivity contribution in [3.63, 3.8) is 0 Å². The largest absolute Gasteiger partial charge is 0.394 e. The van der Waals surface area contributed by atoms with Gasteiger partial charge in [0.2, 0.25) is 0 Å². The number of hydrogen-bond acceptors (Lipinski definition) is 7. The van der Waals surface area contributed by atoms with Gasteiger partial charge in [-0.05, 0) is 37.5 Å². The second-order valence-corrected chi connectivity index (χ2v) is 6.26. The summed E-state index contributed by atoms with van der Waals surface area (Å²) in [5.41, 5.74) is 3.49. The first-order valence-electron chi connectivity index (χ1n) is 8.79. The average molecular weight is 353 g/mol. The minimum atomic E-state index is -1.43. The molecule has 0 unspecified atom stereocenters. The quantitative estimate of drug-likeness (QED) is 0.308. The molecule has 0 amide bonds. The van der Waals surface area contributed by atoms with Gasteiger partial charge in [0.05, 0.1) is 24.9 Å². The van der Waals surface area contributed by atoms with Crippen LogP contribution in [-0.2, 0) is 0 Å². The van der Waals surface area contributed by atoms with Gasteiger partial charge < -0.3 is 25.7 Å². The van der Waals surface area contributed by atoms with Crippen LogP contribution in [0.2, 0.25) is 0 Å². The Kier molecular flexibility index (Phi) is 9.59. The molecule has 0 fully saturated rings. The van der Waals surface area contributed by atoms with Gasteiger partial charge in [0.15, 0.2) is 0 Å². The van der Waals surface area contributed by atoms with Crippen molar-refractivity contribution in [1.29, 1.82) is 0 Å². The number of aliphatic hydroxyl groups excluding tert-OH is 4. The number of hydrogen-bond donors (Lipinski definition) is 5. The Labute approximate surface area is 149 Å². The van der Waals surface area contributed by atoms with E-state index in [4.69, 9.17) is 5.11 Å². The van der Waals surface area contributed by atoms with E-state index in [9.17, 15) is 15.3 Å². The smallest absolute Gasteiger partial charge is 0.111 e. The van der Waals surface area contributed by atoms with Gasteiger partial charge in [0, 0.05) is 6.54 Å². The molecule has 5 N–H and O–H groups in total. The highest BCUT2D eigenvalue weighted by atomic mass is 16.4. The number of anilines is 1. The summed E-state index contributed by atoms with van der Waals surface area (Å²) in [7, 11) is 0. The molecule has 3 atom stereocenters. The van der Waals surface area contributed by atoms with E-state index >= 15 is 0 Å². The summed E-state index contributed by atoms with van der Waals surface area (Å²) in [6.07, 6.45) is -0.784. The second kappa shape index (κ2) is 11.1. The van der Waals surface area contributed by atoms with Crippen molar-refractivity contribution in [3.8, 4) is 0 Å². The fourth-order valence-corrected chi connectivity index (χ4v) is 2.33. The monoisotopic (exact) mass is 353 g/mol. The zero-order valence-corrected chi connectivity index (χ0v) is 15.3. The normalized spacial score (nSPS) is 15.3. The maximum atomic E-state index is 9.93. The predicted octanol–water partition coefficient (Wildman–Crippen LogP) is 2.06. The van der Waals surface area contributed by atoms with E-state index in [0.717, 1.165) is 30.4 Å². The van der Waals surface area contributed by atoms with Crippen LogP contribution in [0.1, 0.15) is 37.3 Å². The molecule has 0 aliphatic rings. The molecule has 142 valence electrons. The van der Waals surface area contributed by atoms with Crippen LogP contribution in [0.15, 0.2) is 22.4 Å². The lowest BCUT2D eigenvalue weighted by molar-refractivity contribution is -0.0715. The summed E-state index contributed by atoms with van der Waals surface area (Å²) in [6, 6.07) is 3.80. The second-order valence-electron chi connectivity index (χ2n) is 6.26. The van der Waals surface area contributed by atoms with E-state index in [1.165, 1.54) is 0 Å². The number of benzene rings is 1. The molecule has 7 nitrogen and oxygen atoms in total. The highest BCUT2D eigenvalue weighted by molar-refractivity contribution is 5.70. The zero-order chi connectivity index (χ0) is 18.8. The summed E-state index contributed by atoms with van der Waals surface area (Å²) < 4.78 is 0. The maximum Gasteiger partial charge on any atom is 0.111 e. The third-order valence-electron chi connectivity index (χ3n) is 4.21. The van der Waals surface area contributed by atoms with E-state index in [0.29, 0.717) is 17.9 Å². The van der Waals surface area contributed by atoms with E-state index in [1.54, 1.807) is 0 Å². The number of aryl methyl sites for hydroxylation is 1. The van der Waals surface area contributed by atoms with Crippen molar-refractivity contribution in [2.75, 3.05) is 25.0 Å². The van der Waals surface area contributed by atoms with Gasteiger partial charge in [-0.15, -0.1) is 0 Å². The van der Waals surface area contributed by atoms with Crippen LogP contribution in [0.3, 0.4) is 0 Å². The van der Waals surface area contributed by atoms with Crippen molar-refractivity contribution in [1.82, 2.24) is 0 Å². The SMILES string of the molecule is CCCCCN=Nc1c(NC[C@H](O)[C@H](O)[C@H](O)CO)ccc(C)c1C. The molecule has 0 spiro atoms. The Hall–Kier alpha value is -1.54. The molecule has 7 heteroatoms. The summed E-state index contributed by atoms with van der Waals surface area (Å²) in [5, 5.41) is 49.5. The minimum absolute atomic E-state index is 0.0130. The van der Waals surface area contributed by atoms with Crippen molar-refractivity contribution < 1.29 is 20.4 Å². The molecule has 1 aromatic rings. The highest BCUT2D eigenvalue weighted by Crippen LogP contribution is 2.31. The number of rotatable bonds is 11. The Morgan fingerprint density at radius 2 is 1.80 bits per heavy atom. The Morgan fingerprint density at radius 1 is 1.08 bits per heavy atom. The fourth-order valence-electron chi connectivity index (χ4n) is 2.33. The van der Waals surface area contributed by atoms with Gasteiger partial charge in [-0.3, -0.25) is 0 Å². The number of unbranched alkanes of at least 4 members (excludes halogenated alkanes) is 2. The molecule has 0 radical (unpaired) electrons. The van der Waals surface area contributed by atoms with Crippen LogP contribution < -0.4 is 5.32 Å². The third kappa shape index (κ3) is 6.70. The van der Waals surface area contributed by atoms with Gasteiger partial charge in [-0.1, -0.05) is 25.8 Å². The molecular weight excluding hydrogens is 322 g/mol. The predicted molar refractivity (Wildman–Crippen MR) is 98.4 cm³/mol. The lowest BCUT2D eigenvalue weighted by atomic mass is 10.1. The molecule has 25 heavy (non-hydrogen) atoms. The first-order chi connectivity index (χ1) is 11.9. The Balaban J connectivity index is 2.80. The Bertz CT molecular complexity index is 551. The number of aliphatic hydroxyl groups is 4. The van der Waals surface area contributed by atoms with Gasteiger partial charge in [0.1, 0.15) is 17.9 Å². The molecule has 0 heterocycles. The Morgan fingerprint density at radius 3 is 2.44 bits per heavy atom. The first-order valence-corrected chi connectivity index (χ1v) is 8.79. The topological polar surface area (TPSA) is 118 Å². The third-order valence-corrected chi connectivity index (χ3v) is 4.21. The van der Waals surface area contributed by atoms with E-state index in [-0.39, 0.29) is 6.54 Å². The number of nitrogens with zero attached hydrogens (tertiary/aromatic N) is 2. The van der Waals surface area contributed by atoms with Crippen molar-refractivity contribution in [2.24, 2.45) is 10.2 Å². The van der Waals surface area contributed by atoms with Crippen LogP contribution >= 0.6 is 0 Å². The van der Waals surface area contributed by atoms with Crippen molar-refractivity contribution in [3.05, 3.63) is 23.3 Å². The molecule has 0 aliphatic heterocycles. The summed E-state index contributed by atoms with van der Waals surface area (Å²) in [6.45, 7) is 6.16. The fraction of sp³-hybridized carbons (Fsp3) is 0.667. The molecule has 0 saturated heterocycles. The van der Waals surface area contributed by atoms with Crippen LogP contribution in [-0.4, -0.2) is 58.4 Å². The van der Waals surface area contributed by atoms with Gasteiger partial charge in [0.25, 0.3) is 0 Å². The zero-order valence-electron chi connectivity index (χ0n) is 15.3. The lowest BCUT2D eigenvalue weighted by Crippen LogP contribution is -2.42.